The van der Waals surface area contributed by atoms with Crippen LogP contribution in [0.5, 0.6) is 0 Å². The summed E-state index contributed by atoms with van der Waals surface area (Å²) in [4.78, 5) is 25.4. The zero-order chi connectivity index (χ0) is 14.8. The quantitative estimate of drug-likeness (QED) is 0.781. The summed E-state index contributed by atoms with van der Waals surface area (Å²) in [5, 5.41) is 4.43. The highest BCUT2D eigenvalue weighted by molar-refractivity contribution is 5.30. The van der Waals surface area contributed by atoms with E-state index in [9.17, 15) is 9.59 Å². The monoisotopic (exact) mass is 282 g/mol. The van der Waals surface area contributed by atoms with E-state index in [2.05, 4.69) is 10.1 Å². The Morgan fingerprint density at radius 3 is 2.67 bits per heavy atom. The molecule has 0 unspecified atom stereocenters. The lowest BCUT2D eigenvalue weighted by Crippen LogP contribution is -2.31. The van der Waals surface area contributed by atoms with Gasteiger partial charge in [-0.15, -0.1) is 0 Å². The second kappa shape index (κ2) is 5.24. The molecule has 6 heteroatoms. The van der Waals surface area contributed by atoms with E-state index in [-0.39, 0.29) is 5.56 Å². The first-order valence-electron chi connectivity index (χ1n) is 6.54. The van der Waals surface area contributed by atoms with Crippen molar-refractivity contribution in [3.63, 3.8) is 0 Å². The van der Waals surface area contributed by atoms with E-state index in [0.717, 1.165) is 11.4 Å². The largest absolute Gasteiger partial charge is 0.328 e. The number of benzene rings is 1. The first-order valence-corrected chi connectivity index (χ1v) is 6.54. The average molecular weight is 282 g/mol. The van der Waals surface area contributed by atoms with Crippen LogP contribution in [-0.2, 0) is 6.54 Å². The van der Waals surface area contributed by atoms with Gasteiger partial charge in [-0.3, -0.25) is 14.3 Å². The van der Waals surface area contributed by atoms with Gasteiger partial charge in [-0.2, -0.15) is 5.10 Å². The van der Waals surface area contributed by atoms with Crippen molar-refractivity contribution < 1.29 is 0 Å². The van der Waals surface area contributed by atoms with E-state index in [1.807, 2.05) is 42.6 Å². The fraction of sp³-hybridized carbons (Fsp3) is 0.133. The van der Waals surface area contributed by atoms with Crippen molar-refractivity contribution >= 4 is 0 Å². The van der Waals surface area contributed by atoms with E-state index in [1.165, 1.54) is 4.57 Å². The Balaban J connectivity index is 1.90. The minimum absolute atomic E-state index is 0.316. The first kappa shape index (κ1) is 13.1. The van der Waals surface area contributed by atoms with Crippen molar-refractivity contribution in [2.24, 2.45) is 0 Å². The Kier molecular flexibility index (Phi) is 3.27. The summed E-state index contributed by atoms with van der Waals surface area (Å²) in [5.41, 5.74) is 1.41. The third-order valence-corrected chi connectivity index (χ3v) is 3.19. The third kappa shape index (κ3) is 2.69. The Morgan fingerprint density at radius 2 is 1.90 bits per heavy atom. The number of nitrogens with zero attached hydrogens (tertiary/aromatic N) is 3. The summed E-state index contributed by atoms with van der Waals surface area (Å²) in [7, 11) is 0. The van der Waals surface area contributed by atoms with Gasteiger partial charge in [-0.25, -0.2) is 9.48 Å². The maximum Gasteiger partial charge on any atom is 0.328 e. The van der Waals surface area contributed by atoms with E-state index < -0.39 is 5.69 Å². The Morgan fingerprint density at radius 1 is 1.14 bits per heavy atom. The number of aryl methyl sites for hydroxylation is 1. The highest BCUT2D eigenvalue weighted by Crippen LogP contribution is 2.07. The zero-order valence-corrected chi connectivity index (χ0v) is 11.5. The number of aromatic amines is 1. The summed E-state index contributed by atoms with van der Waals surface area (Å²) < 4.78 is 3.19. The predicted molar refractivity (Wildman–Crippen MR) is 78.7 cm³/mol. The lowest BCUT2D eigenvalue weighted by molar-refractivity contribution is 0.687. The smallest absolute Gasteiger partial charge is 0.294 e. The number of H-pyrrole nitrogens is 1. The van der Waals surface area contributed by atoms with Crippen molar-refractivity contribution in [3.05, 3.63) is 80.9 Å². The highest BCUT2D eigenvalue weighted by Gasteiger charge is 2.05. The number of aromatic nitrogens is 4. The van der Waals surface area contributed by atoms with Crippen molar-refractivity contribution in [1.82, 2.24) is 19.3 Å². The van der Waals surface area contributed by atoms with Gasteiger partial charge in [0.25, 0.3) is 5.56 Å². The van der Waals surface area contributed by atoms with Crippen LogP contribution in [0.1, 0.15) is 11.3 Å². The van der Waals surface area contributed by atoms with Crippen molar-refractivity contribution in [3.8, 4) is 5.69 Å². The Hall–Kier alpha value is -2.89. The molecule has 3 rings (SSSR count). The highest BCUT2D eigenvalue weighted by atomic mass is 16.2. The van der Waals surface area contributed by atoms with Gasteiger partial charge in [0, 0.05) is 18.0 Å². The molecule has 2 aromatic heterocycles. The summed E-state index contributed by atoms with van der Waals surface area (Å²) in [6, 6.07) is 11.6. The molecule has 6 nitrogen and oxygen atoms in total. The first-order chi connectivity index (χ1) is 10.1. The van der Waals surface area contributed by atoms with Crippen molar-refractivity contribution in [2.45, 2.75) is 13.5 Å². The number of hydrogen-bond acceptors (Lipinski definition) is 3. The number of para-hydroxylation sites is 1. The summed E-state index contributed by atoms with van der Waals surface area (Å²) >= 11 is 0. The fourth-order valence-electron chi connectivity index (χ4n) is 2.08. The molecular weight excluding hydrogens is 268 g/mol. The molecule has 0 amide bonds. The lowest BCUT2D eigenvalue weighted by atomic mass is 10.3. The molecule has 0 aliphatic heterocycles. The van der Waals surface area contributed by atoms with Crippen LogP contribution in [0.3, 0.4) is 0 Å². The topological polar surface area (TPSA) is 72.7 Å². The molecule has 0 aliphatic carbocycles. The molecule has 0 saturated heterocycles. The van der Waals surface area contributed by atoms with Crippen LogP contribution in [-0.4, -0.2) is 19.3 Å². The maximum atomic E-state index is 11.7. The van der Waals surface area contributed by atoms with E-state index in [1.54, 1.807) is 17.8 Å². The van der Waals surface area contributed by atoms with Gasteiger partial charge in [-0.1, -0.05) is 18.2 Å². The molecular formula is C15H14N4O2. The standard InChI is InChI=1S/C15H14N4O2/c1-11-9-18(15(21)16-14(11)20)10-12-7-8-19(17-12)13-5-3-2-4-6-13/h2-9H,10H2,1H3,(H,16,20,21). The maximum absolute atomic E-state index is 11.7. The van der Waals surface area contributed by atoms with Gasteiger partial charge in [0.1, 0.15) is 0 Å². The van der Waals surface area contributed by atoms with Gasteiger partial charge in [0.05, 0.1) is 17.9 Å². The van der Waals surface area contributed by atoms with Gasteiger partial charge in [0.15, 0.2) is 0 Å². The molecule has 0 aliphatic rings. The van der Waals surface area contributed by atoms with Crippen LogP contribution in [0.15, 0.2) is 58.4 Å². The van der Waals surface area contributed by atoms with Gasteiger partial charge < -0.3 is 0 Å². The van der Waals surface area contributed by atoms with Crippen molar-refractivity contribution in [2.75, 3.05) is 0 Å². The molecule has 0 atom stereocenters. The SMILES string of the molecule is Cc1cn(Cc2ccn(-c3ccccc3)n2)c(=O)[nH]c1=O. The average Bonchev–Trinajstić information content (AvgIpc) is 2.94. The minimum Gasteiger partial charge on any atom is -0.294 e. The molecule has 0 fully saturated rings. The Bertz CT molecular complexity index is 874. The molecule has 2 heterocycles. The van der Waals surface area contributed by atoms with E-state index in [4.69, 9.17) is 0 Å². The van der Waals surface area contributed by atoms with Gasteiger partial charge >= 0.3 is 5.69 Å². The molecule has 106 valence electrons. The van der Waals surface area contributed by atoms with E-state index >= 15 is 0 Å². The fourth-order valence-corrected chi connectivity index (χ4v) is 2.08. The molecule has 0 spiro atoms. The van der Waals surface area contributed by atoms with Crippen LogP contribution >= 0.6 is 0 Å². The molecule has 3 aromatic rings. The second-order valence-electron chi connectivity index (χ2n) is 4.79. The number of hydrogen-bond donors (Lipinski definition) is 1. The van der Waals surface area contributed by atoms with E-state index in [0.29, 0.717) is 12.1 Å². The molecule has 1 aromatic carbocycles. The zero-order valence-electron chi connectivity index (χ0n) is 11.5. The van der Waals surface area contributed by atoms with Gasteiger partial charge in [0.2, 0.25) is 0 Å². The lowest BCUT2D eigenvalue weighted by Gasteiger charge is -2.04. The Labute approximate surface area is 120 Å². The van der Waals surface area contributed by atoms with Crippen LogP contribution in [0.4, 0.5) is 0 Å². The van der Waals surface area contributed by atoms with Crippen LogP contribution in [0.25, 0.3) is 5.69 Å². The second-order valence-corrected chi connectivity index (χ2v) is 4.79. The van der Waals surface area contributed by atoms with Crippen LogP contribution < -0.4 is 11.2 Å². The summed E-state index contributed by atoms with van der Waals surface area (Å²) in [5.74, 6) is 0. The minimum atomic E-state index is -0.431. The number of rotatable bonds is 3. The molecule has 0 bridgehead atoms. The predicted octanol–water partition coefficient (Wildman–Crippen LogP) is 1.08. The summed E-state index contributed by atoms with van der Waals surface area (Å²) in [6.45, 7) is 1.98. The molecule has 1 N–H and O–H groups in total. The van der Waals surface area contributed by atoms with Crippen molar-refractivity contribution in [1.29, 1.82) is 0 Å². The summed E-state index contributed by atoms with van der Waals surface area (Å²) in [6.07, 6.45) is 3.39. The van der Waals surface area contributed by atoms with Crippen LogP contribution in [0.2, 0.25) is 0 Å². The van der Waals surface area contributed by atoms with Crippen LogP contribution in [0, 0.1) is 6.92 Å². The molecule has 21 heavy (non-hydrogen) atoms. The molecule has 0 radical (unpaired) electrons. The normalized spacial score (nSPS) is 10.7. The third-order valence-electron chi connectivity index (χ3n) is 3.19. The number of nitrogens with one attached hydrogen (secondary N) is 1. The molecule has 0 saturated carbocycles. The van der Waals surface area contributed by atoms with Gasteiger partial charge in [-0.05, 0) is 25.1 Å².